The lowest BCUT2D eigenvalue weighted by atomic mass is 9.92. The minimum atomic E-state index is -0.112. The highest BCUT2D eigenvalue weighted by Gasteiger charge is 2.13. The van der Waals surface area contributed by atoms with Gasteiger partial charge in [0, 0.05) is 5.69 Å². The maximum absolute atomic E-state index is 12.2. The highest BCUT2D eigenvalue weighted by molar-refractivity contribution is 7.99. The zero-order valence-corrected chi connectivity index (χ0v) is 18.1. The fourth-order valence-electron chi connectivity index (χ4n) is 3.50. The summed E-state index contributed by atoms with van der Waals surface area (Å²) in [6, 6.07) is 12.1. The van der Waals surface area contributed by atoms with Gasteiger partial charge in [0.25, 0.3) is 11.1 Å². The number of rotatable bonds is 7. The Morgan fingerprint density at radius 3 is 2.83 bits per heavy atom. The summed E-state index contributed by atoms with van der Waals surface area (Å²) in [7, 11) is 0. The van der Waals surface area contributed by atoms with Gasteiger partial charge in [-0.15, -0.1) is 10.2 Å². The quantitative estimate of drug-likeness (QED) is 0.546. The molecule has 1 N–H and O–H groups in total. The molecule has 0 atom stereocenters. The van der Waals surface area contributed by atoms with Gasteiger partial charge in [0.15, 0.2) is 6.61 Å². The van der Waals surface area contributed by atoms with Gasteiger partial charge in [-0.2, -0.15) is 0 Å². The number of aromatic nitrogens is 2. The number of benzene rings is 2. The molecule has 3 aromatic rings. The number of fused-ring (bicyclic) bond motifs is 1. The van der Waals surface area contributed by atoms with E-state index in [1.807, 2.05) is 38.1 Å². The molecule has 156 valence electrons. The molecule has 4 rings (SSSR count). The van der Waals surface area contributed by atoms with Crippen LogP contribution in [0.1, 0.15) is 41.0 Å². The van der Waals surface area contributed by atoms with Crippen LogP contribution in [0.4, 0.5) is 5.69 Å². The van der Waals surface area contributed by atoms with Crippen molar-refractivity contribution in [2.24, 2.45) is 0 Å². The Labute approximate surface area is 180 Å². The van der Waals surface area contributed by atoms with E-state index < -0.39 is 0 Å². The smallest absolute Gasteiger partial charge is 0.277 e. The summed E-state index contributed by atoms with van der Waals surface area (Å²) < 4.78 is 11.4. The van der Waals surface area contributed by atoms with Gasteiger partial charge in [0.1, 0.15) is 5.75 Å². The Kier molecular flexibility index (Phi) is 6.38. The minimum absolute atomic E-state index is 0.112. The molecule has 0 bridgehead atoms. The Hall–Kier alpha value is -2.80. The van der Waals surface area contributed by atoms with Crippen molar-refractivity contribution in [2.45, 2.75) is 51.4 Å². The van der Waals surface area contributed by atoms with Crippen LogP contribution < -0.4 is 10.1 Å². The highest BCUT2D eigenvalue weighted by atomic mass is 32.2. The van der Waals surface area contributed by atoms with Gasteiger partial charge >= 0.3 is 0 Å². The van der Waals surface area contributed by atoms with Gasteiger partial charge in [0.2, 0.25) is 5.91 Å². The van der Waals surface area contributed by atoms with Crippen LogP contribution in [-0.2, 0) is 24.2 Å². The minimum Gasteiger partial charge on any atom is -0.484 e. The average molecular weight is 424 g/mol. The number of nitrogens with zero attached hydrogens (tertiary/aromatic N) is 2. The van der Waals surface area contributed by atoms with Crippen molar-refractivity contribution in [2.75, 3.05) is 11.1 Å². The summed E-state index contributed by atoms with van der Waals surface area (Å²) >= 11 is 1.21. The van der Waals surface area contributed by atoms with Gasteiger partial charge in [0.05, 0.1) is 5.75 Å². The molecule has 1 heterocycles. The fourth-order valence-corrected chi connectivity index (χ4v) is 4.08. The maximum atomic E-state index is 12.2. The molecular weight excluding hydrogens is 398 g/mol. The topological polar surface area (TPSA) is 77.2 Å². The van der Waals surface area contributed by atoms with Gasteiger partial charge < -0.3 is 14.5 Å². The highest BCUT2D eigenvalue weighted by Crippen LogP contribution is 2.26. The van der Waals surface area contributed by atoms with E-state index in [1.165, 1.54) is 35.7 Å². The van der Waals surface area contributed by atoms with Crippen molar-refractivity contribution in [3.8, 4) is 5.75 Å². The molecule has 1 amide bonds. The van der Waals surface area contributed by atoms with Crippen molar-refractivity contribution >= 4 is 23.4 Å². The molecule has 2 aromatic carbocycles. The van der Waals surface area contributed by atoms with Crippen molar-refractivity contribution in [1.82, 2.24) is 10.2 Å². The first kappa shape index (κ1) is 20.5. The van der Waals surface area contributed by atoms with E-state index in [0.717, 1.165) is 35.4 Å². The molecule has 0 aliphatic heterocycles. The van der Waals surface area contributed by atoms with E-state index in [4.69, 9.17) is 9.15 Å². The molecule has 1 aliphatic carbocycles. The number of thioether (sulfide) groups is 1. The lowest BCUT2D eigenvalue weighted by Gasteiger charge is -2.16. The third kappa shape index (κ3) is 5.02. The van der Waals surface area contributed by atoms with Crippen LogP contribution in [0.5, 0.6) is 5.75 Å². The summed E-state index contributed by atoms with van der Waals surface area (Å²) in [5.41, 5.74) is 5.82. The normalized spacial score (nSPS) is 13.0. The molecule has 1 aromatic heterocycles. The first-order chi connectivity index (χ1) is 14.6. The number of amides is 1. The summed E-state index contributed by atoms with van der Waals surface area (Å²) in [6.07, 6.45) is 4.75. The van der Waals surface area contributed by atoms with Crippen LogP contribution in [0.3, 0.4) is 0 Å². The van der Waals surface area contributed by atoms with Crippen molar-refractivity contribution < 1.29 is 13.9 Å². The number of carbonyl (C=O) groups is 1. The molecule has 1 aliphatic rings. The summed E-state index contributed by atoms with van der Waals surface area (Å²) in [6.45, 7) is 4.22. The molecule has 0 fully saturated rings. The standard InChI is InChI=1S/C23H25N3O3S/c1-15-6-5-9-20(16(15)2)24-21(27)14-30-23-26-25-22(29-23)13-28-19-11-10-17-7-3-4-8-18(17)12-19/h5-6,9-12H,3-4,7-8,13-14H2,1-2H3,(H,24,27). The third-order valence-electron chi connectivity index (χ3n) is 5.34. The van der Waals surface area contributed by atoms with Gasteiger partial charge in [-0.1, -0.05) is 30.0 Å². The Morgan fingerprint density at radius 2 is 1.97 bits per heavy atom. The SMILES string of the molecule is Cc1cccc(NC(=O)CSc2nnc(COc3ccc4c(c3)CCCC4)o2)c1C. The van der Waals surface area contributed by atoms with Crippen molar-refractivity contribution in [3.63, 3.8) is 0 Å². The number of anilines is 1. The Bertz CT molecular complexity index is 1050. The maximum Gasteiger partial charge on any atom is 0.277 e. The molecule has 0 spiro atoms. The monoisotopic (exact) mass is 423 g/mol. The zero-order valence-electron chi connectivity index (χ0n) is 17.2. The lowest BCUT2D eigenvalue weighted by molar-refractivity contribution is -0.113. The van der Waals surface area contributed by atoms with E-state index in [0.29, 0.717) is 11.1 Å². The first-order valence-electron chi connectivity index (χ1n) is 10.1. The number of hydrogen-bond donors (Lipinski definition) is 1. The molecular formula is C23H25N3O3S. The zero-order chi connectivity index (χ0) is 20.9. The largest absolute Gasteiger partial charge is 0.484 e. The number of nitrogens with one attached hydrogen (secondary N) is 1. The summed E-state index contributed by atoms with van der Waals surface area (Å²) in [4.78, 5) is 12.2. The predicted molar refractivity (Wildman–Crippen MR) is 117 cm³/mol. The lowest BCUT2D eigenvalue weighted by Crippen LogP contribution is -2.15. The second-order valence-corrected chi connectivity index (χ2v) is 8.40. The van der Waals surface area contributed by atoms with E-state index in [-0.39, 0.29) is 18.3 Å². The molecule has 0 radical (unpaired) electrons. The number of carbonyl (C=O) groups excluding carboxylic acids is 1. The van der Waals surface area contributed by atoms with Gasteiger partial charge in [-0.25, -0.2) is 0 Å². The molecule has 30 heavy (non-hydrogen) atoms. The summed E-state index contributed by atoms with van der Waals surface area (Å²) in [5.74, 6) is 1.29. The van der Waals surface area contributed by atoms with Crippen molar-refractivity contribution in [1.29, 1.82) is 0 Å². The molecule has 0 saturated heterocycles. The second-order valence-electron chi connectivity index (χ2n) is 7.47. The van der Waals surface area contributed by atoms with E-state index in [2.05, 4.69) is 27.6 Å². The molecule has 0 unspecified atom stereocenters. The predicted octanol–water partition coefficient (Wildman–Crippen LogP) is 4.88. The van der Waals surface area contributed by atoms with E-state index >= 15 is 0 Å². The molecule has 0 saturated carbocycles. The van der Waals surface area contributed by atoms with Gasteiger partial charge in [-0.05, 0) is 80.0 Å². The van der Waals surface area contributed by atoms with Crippen LogP contribution in [0, 0.1) is 13.8 Å². The van der Waals surface area contributed by atoms with E-state index in [1.54, 1.807) is 0 Å². The number of ether oxygens (including phenoxy) is 1. The summed E-state index contributed by atoms with van der Waals surface area (Å²) in [5, 5.41) is 11.3. The van der Waals surface area contributed by atoms with Crippen LogP contribution in [0.15, 0.2) is 46.0 Å². The van der Waals surface area contributed by atoms with Crippen molar-refractivity contribution in [3.05, 3.63) is 64.5 Å². The van der Waals surface area contributed by atoms with Gasteiger partial charge in [-0.3, -0.25) is 4.79 Å². The fraction of sp³-hybridized carbons (Fsp3) is 0.348. The van der Waals surface area contributed by atoms with Crippen LogP contribution in [0.25, 0.3) is 0 Å². The van der Waals surface area contributed by atoms with Crippen LogP contribution in [0.2, 0.25) is 0 Å². The first-order valence-corrected chi connectivity index (χ1v) is 11.1. The van der Waals surface area contributed by atoms with Crippen LogP contribution in [-0.4, -0.2) is 21.9 Å². The Morgan fingerprint density at radius 1 is 1.13 bits per heavy atom. The van der Waals surface area contributed by atoms with E-state index in [9.17, 15) is 4.79 Å². The average Bonchev–Trinajstić information content (AvgIpc) is 3.22. The number of hydrogen-bond acceptors (Lipinski definition) is 6. The second kappa shape index (κ2) is 9.34. The third-order valence-corrected chi connectivity index (χ3v) is 6.15. The Balaban J connectivity index is 1.27. The molecule has 6 nitrogen and oxygen atoms in total. The van der Waals surface area contributed by atoms with Crippen LogP contribution >= 0.6 is 11.8 Å². The molecule has 7 heteroatoms. The number of aryl methyl sites for hydroxylation is 3.